The van der Waals surface area contributed by atoms with Gasteiger partial charge in [0.25, 0.3) is 5.91 Å². The molecule has 2 amide bonds. The van der Waals surface area contributed by atoms with E-state index in [2.05, 4.69) is 10.6 Å². The second kappa shape index (κ2) is 10.9. The van der Waals surface area contributed by atoms with Gasteiger partial charge in [-0.15, -0.1) is 0 Å². The maximum absolute atomic E-state index is 12.5. The molecule has 0 aliphatic heterocycles. The minimum atomic E-state index is -0.281. The van der Waals surface area contributed by atoms with Crippen LogP contribution in [0.1, 0.15) is 22.3 Å². The van der Waals surface area contributed by atoms with E-state index in [1.165, 1.54) is 14.2 Å². The molecule has 166 valence electrons. The van der Waals surface area contributed by atoms with Crippen molar-refractivity contribution in [3.05, 3.63) is 77.9 Å². The van der Waals surface area contributed by atoms with Crippen molar-refractivity contribution in [1.29, 1.82) is 0 Å². The van der Waals surface area contributed by atoms with Crippen LogP contribution in [0.5, 0.6) is 17.2 Å². The molecule has 0 radical (unpaired) electrons. The summed E-state index contributed by atoms with van der Waals surface area (Å²) in [6.45, 7) is 2.21. The molecule has 0 fully saturated rings. The molecule has 7 heteroatoms. The highest BCUT2D eigenvalue weighted by Crippen LogP contribution is 2.36. The van der Waals surface area contributed by atoms with Gasteiger partial charge in [0.1, 0.15) is 17.2 Å². The van der Waals surface area contributed by atoms with Gasteiger partial charge in [0.05, 0.1) is 38.6 Å². The van der Waals surface area contributed by atoms with Crippen LogP contribution in [0.15, 0.2) is 66.7 Å². The molecule has 0 aliphatic rings. The number of ether oxygens (including phenoxy) is 3. The smallest absolute Gasteiger partial charge is 0.255 e. The number of carbonyl (C=O) groups excluding carboxylic acids is 2. The number of nitrogens with one attached hydrogen (secondary N) is 2. The summed E-state index contributed by atoms with van der Waals surface area (Å²) in [4.78, 5) is 24.9. The molecule has 2 N–H and O–H groups in total. The number of amides is 2. The summed E-state index contributed by atoms with van der Waals surface area (Å²) >= 11 is 0. The highest BCUT2D eigenvalue weighted by Gasteiger charge is 2.16. The molecule has 0 spiro atoms. The third-order valence-corrected chi connectivity index (χ3v) is 4.67. The van der Waals surface area contributed by atoms with E-state index in [0.29, 0.717) is 28.4 Å². The van der Waals surface area contributed by atoms with Gasteiger partial charge < -0.3 is 24.8 Å². The van der Waals surface area contributed by atoms with Gasteiger partial charge in [-0.05, 0) is 36.8 Å². The Kier molecular flexibility index (Phi) is 7.70. The molecule has 0 aliphatic carbocycles. The summed E-state index contributed by atoms with van der Waals surface area (Å²) in [5.74, 6) is 0.981. The SMILES string of the molecule is COc1cc(NC(=O)c2ccccc2)c(OC)cc1NC(=O)CCOc1cccc(C)c1. The van der Waals surface area contributed by atoms with Crippen LogP contribution in [0.2, 0.25) is 0 Å². The van der Waals surface area contributed by atoms with E-state index < -0.39 is 0 Å². The maximum atomic E-state index is 12.5. The lowest BCUT2D eigenvalue weighted by atomic mass is 10.2. The molecule has 0 saturated heterocycles. The lowest BCUT2D eigenvalue weighted by Crippen LogP contribution is -2.16. The van der Waals surface area contributed by atoms with E-state index >= 15 is 0 Å². The molecular weight excluding hydrogens is 408 g/mol. The van der Waals surface area contributed by atoms with Crippen molar-refractivity contribution in [3.63, 3.8) is 0 Å². The monoisotopic (exact) mass is 434 g/mol. The van der Waals surface area contributed by atoms with Crippen molar-refractivity contribution in [1.82, 2.24) is 0 Å². The Balaban J connectivity index is 1.67. The molecule has 0 unspecified atom stereocenters. The molecule has 0 bridgehead atoms. The van der Waals surface area contributed by atoms with Crippen molar-refractivity contribution in [2.75, 3.05) is 31.5 Å². The van der Waals surface area contributed by atoms with Gasteiger partial charge >= 0.3 is 0 Å². The number of rotatable bonds is 9. The first-order valence-corrected chi connectivity index (χ1v) is 10.1. The average Bonchev–Trinajstić information content (AvgIpc) is 2.80. The van der Waals surface area contributed by atoms with Crippen molar-refractivity contribution >= 4 is 23.2 Å². The third-order valence-electron chi connectivity index (χ3n) is 4.67. The maximum Gasteiger partial charge on any atom is 0.255 e. The highest BCUT2D eigenvalue weighted by molar-refractivity contribution is 6.05. The minimum Gasteiger partial charge on any atom is -0.494 e. The number of benzene rings is 3. The zero-order chi connectivity index (χ0) is 22.9. The Morgan fingerprint density at radius 3 is 2.09 bits per heavy atom. The molecule has 3 aromatic carbocycles. The number of aryl methyl sites for hydroxylation is 1. The number of hydrogen-bond acceptors (Lipinski definition) is 5. The second-order valence-corrected chi connectivity index (χ2v) is 7.04. The predicted molar refractivity (Wildman–Crippen MR) is 124 cm³/mol. The molecule has 0 atom stereocenters. The molecule has 0 heterocycles. The van der Waals surface area contributed by atoms with Gasteiger partial charge in [0.15, 0.2) is 0 Å². The van der Waals surface area contributed by atoms with Gasteiger partial charge in [-0.3, -0.25) is 9.59 Å². The summed E-state index contributed by atoms with van der Waals surface area (Å²) in [6.07, 6.45) is 0.159. The molecule has 0 aromatic heterocycles. The van der Waals surface area contributed by atoms with E-state index in [1.807, 2.05) is 37.3 Å². The Labute approximate surface area is 187 Å². The fourth-order valence-corrected chi connectivity index (χ4v) is 3.06. The van der Waals surface area contributed by atoms with Crippen molar-refractivity contribution in [3.8, 4) is 17.2 Å². The standard InChI is InChI=1S/C25H26N2O5/c1-17-8-7-11-19(14-17)32-13-12-24(28)26-20-15-23(31-3)21(16-22(20)30-2)27-25(29)18-9-5-4-6-10-18/h4-11,14-16H,12-13H2,1-3H3,(H,26,28)(H,27,29). The van der Waals surface area contributed by atoms with Gasteiger partial charge in [0.2, 0.25) is 5.91 Å². The van der Waals surface area contributed by atoms with Crippen LogP contribution in [0.3, 0.4) is 0 Å². The number of carbonyl (C=O) groups is 2. The van der Waals surface area contributed by atoms with E-state index in [4.69, 9.17) is 14.2 Å². The lowest BCUT2D eigenvalue weighted by molar-refractivity contribution is -0.116. The first kappa shape index (κ1) is 22.7. The van der Waals surface area contributed by atoms with E-state index in [0.717, 1.165) is 11.3 Å². The van der Waals surface area contributed by atoms with Crippen LogP contribution in [-0.2, 0) is 4.79 Å². The average molecular weight is 434 g/mol. The third kappa shape index (κ3) is 6.01. The summed E-state index contributed by atoms with van der Waals surface area (Å²) < 4.78 is 16.5. The molecule has 0 saturated carbocycles. The molecule has 7 nitrogen and oxygen atoms in total. The number of methoxy groups -OCH3 is 2. The highest BCUT2D eigenvalue weighted by atomic mass is 16.5. The minimum absolute atomic E-state index is 0.159. The first-order valence-electron chi connectivity index (χ1n) is 10.1. The zero-order valence-corrected chi connectivity index (χ0v) is 18.3. The van der Waals surface area contributed by atoms with E-state index in [-0.39, 0.29) is 24.8 Å². The summed E-state index contributed by atoms with van der Waals surface area (Å²) in [5, 5.41) is 5.62. The van der Waals surface area contributed by atoms with Crippen molar-refractivity contribution in [2.45, 2.75) is 13.3 Å². The normalized spacial score (nSPS) is 10.2. The summed E-state index contributed by atoms with van der Waals surface area (Å²) in [6, 6.07) is 19.7. The number of anilines is 2. The molecular formula is C25H26N2O5. The van der Waals surface area contributed by atoms with Gasteiger partial charge in [-0.2, -0.15) is 0 Å². The van der Waals surface area contributed by atoms with Crippen molar-refractivity contribution in [2.24, 2.45) is 0 Å². The van der Waals surface area contributed by atoms with Crippen LogP contribution in [-0.4, -0.2) is 32.6 Å². The summed E-state index contributed by atoms with van der Waals surface area (Å²) in [7, 11) is 2.97. The van der Waals surface area contributed by atoms with Crippen LogP contribution in [0.4, 0.5) is 11.4 Å². The summed E-state index contributed by atoms with van der Waals surface area (Å²) in [5.41, 5.74) is 2.46. The Hall–Kier alpha value is -4.00. The number of hydrogen-bond donors (Lipinski definition) is 2. The van der Waals surface area contributed by atoms with Crippen LogP contribution >= 0.6 is 0 Å². The zero-order valence-electron chi connectivity index (χ0n) is 18.3. The first-order chi connectivity index (χ1) is 15.5. The lowest BCUT2D eigenvalue weighted by Gasteiger charge is -2.16. The second-order valence-electron chi connectivity index (χ2n) is 7.04. The van der Waals surface area contributed by atoms with E-state index in [1.54, 1.807) is 36.4 Å². The van der Waals surface area contributed by atoms with Gasteiger partial charge in [-0.1, -0.05) is 30.3 Å². The predicted octanol–water partition coefficient (Wildman–Crippen LogP) is 4.67. The topological polar surface area (TPSA) is 85.9 Å². The fraction of sp³-hybridized carbons (Fsp3) is 0.200. The van der Waals surface area contributed by atoms with Crippen LogP contribution in [0, 0.1) is 6.92 Å². The molecule has 3 rings (SSSR count). The van der Waals surface area contributed by atoms with Gasteiger partial charge in [-0.25, -0.2) is 0 Å². The van der Waals surface area contributed by atoms with Crippen LogP contribution < -0.4 is 24.8 Å². The molecule has 32 heavy (non-hydrogen) atoms. The van der Waals surface area contributed by atoms with Crippen LogP contribution in [0.25, 0.3) is 0 Å². The van der Waals surface area contributed by atoms with Gasteiger partial charge in [0, 0.05) is 17.7 Å². The Morgan fingerprint density at radius 2 is 1.47 bits per heavy atom. The fourth-order valence-electron chi connectivity index (χ4n) is 3.06. The molecule has 3 aromatic rings. The quantitative estimate of drug-likeness (QED) is 0.511. The van der Waals surface area contributed by atoms with E-state index in [9.17, 15) is 9.59 Å². The Morgan fingerprint density at radius 1 is 0.812 bits per heavy atom. The largest absolute Gasteiger partial charge is 0.494 e. The van der Waals surface area contributed by atoms with Crippen molar-refractivity contribution < 1.29 is 23.8 Å². The Bertz CT molecular complexity index is 1080.